The number of aromatic nitrogens is 3. The minimum atomic E-state index is 0.254. The van der Waals surface area contributed by atoms with E-state index >= 15 is 0 Å². The average Bonchev–Trinajstić information content (AvgIpc) is 3.34. The van der Waals surface area contributed by atoms with E-state index in [0.29, 0.717) is 0 Å². The fraction of sp³-hybridized carbons (Fsp3) is 0.167. The number of imidazole rings is 1. The number of rotatable bonds is 4. The number of aromatic amines is 1. The third-order valence-electron chi connectivity index (χ3n) is 5.00. The van der Waals surface area contributed by atoms with Gasteiger partial charge in [0.2, 0.25) is 6.79 Å². The predicted molar refractivity (Wildman–Crippen MR) is 112 cm³/mol. The fourth-order valence-corrected chi connectivity index (χ4v) is 3.64. The Balaban J connectivity index is 1.61. The van der Waals surface area contributed by atoms with Crippen LogP contribution in [0.15, 0.2) is 60.7 Å². The van der Waals surface area contributed by atoms with Crippen molar-refractivity contribution in [1.82, 2.24) is 15.0 Å². The van der Waals surface area contributed by atoms with Crippen LogP contribution in [0.5, 0.6) is 11.5 Å². The topological polar surface area (TPSA) is 60.0 Å². The van der Waals surface area contributed by atoms with Crippen molar-refractivity contribution >= 4 is 0 Å². The Labute approximate surface area is 169 Å². The van der Waals surface area contributed by atoms with Crippen LogP contribution in [0.3, 0.4) is 0 Å². The van der Waals surface area contributed by atoms with Gasteiger partial charge in [0.05, 0.1) is 17.1 Å². The first-order chi connectivity index (χ1) is 14.2. The van der Waals surface area contributed by atoms with E-state index in [4.69, 9.17) is 19.4 Å². The number of nitrogens with one attached hydrogen (secondary N) is 1. The quantitative estimate of drug-likeness (QED) is 0.534. The van der Waals surface area contributed by atoms with E-state index in [1.165, 1.54) is 11.1 Å². The third-order valence-corrected chi connectivity index (χ3v) is 5.00. The first-order valence-electron chi connectivity index (χ1n) is 9.64. The maximum Gasteiger partial charge on any atom is 0.231 e. The van der Waals surface area contributed by atoms with Crippen molar-refractivity contribution in [2.75, 3.05) is 6.79 Å². The lowest BCUT2D eigenvalue weighted by Gasteiger charge is -2.04. The molecule has 1 N–H and O–H groups in total. The van der Waals surface area contributed by atoms with Crippen LogP contribution in [0.25, 0.3) is 22.6 Å². The van der Waals surface area contributed by atoms with Gasteiger partial charge in [-0.2, -0.15) is 0 Å². The molecule has 5 heteroatoms. The molecule has 1 aliphatic rings. The zero-order valence-corrected chi connectivity index (χ0v) is 16.4. The van der Waals surface area contributed by atoms with Gasteiger partial charge in [0.1, 0.15) is 5.82 Å². The van der Waals surface area contributed by atoms with Crippen molar-refractivity contribution in [2.24, 2.45) is 0 Å². The fourth-order valence-electron chi connectivity index (χ4n) is 3.64. The Hall–Kier alpha value is -3.60. The molecule has 0 spiro atoms. The Morgan fingerprint density at radius 3 is 2.62 bits per heavy atom. The summed E-state index contributed by atoms with van der Waals surface area (Å²) in [4.78, 5) is 13.2. The number of ether oxygens (including phenoxy) is 2. The Bertz CT molecular complexity index is 1200. The molecule has 0 bridgehead atoms. The van der Waals surface area contributed by atoms with Gasteiger partial charge >= 0.3 is 0 Å². The summed E-state index contributed by atoms with van der Waals surface area (Å²) < 4.78 is 11.0. The molecule has 1 aliphatic heterocycles. The normalized spacial score (nSPS) is 12.3. The summed E-state index contributed by atoms with van der Waals surface area (Å²) in [7, 11) is 0. The highest BCUT2D eigenvalue weighted by Crippen LogP contribution is 2.38. The zero-order valence-electron chi connectivity index (χ0n) is 16.4. The van der Waals surface area contributed by atoms with Crippen LogP contribution < -0.4 is 9.47 Å². The van der Waals surface area contributed by atoms with Gasteiger partial charge in [-0.05, 0) is 49.7 Å². The molecule has 144 valence electrons. The summed E-state index contributed by atoms with van der Waals surface area (Å²) >= 11 is 0. The van der Waals surface area contributed by atoms with E-state index < -0.39 is 0 Å². The number of fused-ring (bicyclic) bond motifs is 1. The van der Waals surface area contributed by atoms with Crippen molar-refractivity contribution in [3.8, 4) is 34.1 Å². The van der Waals surface area contributed by atoms with E-state index in [2.05, 4.69) is 36.2 Å². The molecule has 0 amide bonds. The summed E-state index contributed by atoms with van der Waals surface area (Å²) in [5, 5.41) is 0. The van der Waals surface area contributed by atoms with Gasteiger partial charge in [0.15, 0.2) is 11.5 Å². The molecule has 3 heterocycles. The lowest BCUT2D eigenvalue weighted by atomic mass is 10.1. The lowest BCUT2D eigenvalue weighted by molar-refractivity contribution is 0.174. The Morgan fingerprint density at radius 1 is 0.897 bits per heavy atom. The molecular formula is C24H21N3O2. The number of pyridine rings is 1. The third kappa shape index (κ3) is 3.47. The van der Waals surface area contributed by atoms with Crippen LogP contribution in [-0.4, -0.2) is 21.7 Å². The van der Waals surface area contributed by atoms with Gasteiger partial charge in [0, 0.05) is 17.7 Å². The number of hydrogen-bond acceptors (Lipinski definition) is 4. The van der Waals surface area contributed by atoms with Gasteiger partial charge in [-0.15, -0.1) is 0 Å². The summed E-state index contributed by atoms with van der Waals surface area (Å²) in [6, 6.07) is 20.4. The van der Waals surface area contributed by atoms with E-state index in [1.54, 1.807) is 0 Å². The Kier molecular flexibility index (Phi) is 4.28. The molecule has 0 saturated carbocycles. The van der Waals surface area contributed by atoms with Crippen LogP contribution in [0.4, 0.5) is 0 Å². The molecular weight excluding hydrogens is 362 g/mol. The van der Waals surface area contributed by atoms with Crippen LogP contribution in [0.1, 0.15) is 22.6 Å². The second-order valence-electron chi connectivity index (χ2n) is 7.31. The van der Waals surface area contributed by atoms with E-state index in [9.17, 15) is 0 Å². The van der Waals surface area contributed by atoms with E-state index in [1.807, 2.05) is 43.3 Å². The van der Waals surface area contributed by atoms with Crippen molar-refractivity contribution in [2.45, 2.75) is 20.3 Å². The number of H-pyrrole nitrogens is 1. The highest BCUT2D eigenvalue weighted by molar-refractivity contribution is 5.78. The second kappa shape index (κ2) is 7.09. The van der Waals surface area contributed by atoms with Crippen LogP contribution in [0.2, 0.25) is 0 Å². The molecule has 4 aromatic rings. The maximum absolute atomic E-state index is 5.57. The Morgan fingerprint density at radius 2 is 1.76 bits per heavy atom. The van der Waals surface area contributed by atoms with Gasteiger partial charge in [-0.3, -0.25) is 4.98 Å². The monoisotopic (exact) mass is 383 g/mol. The van der Waals surface area contributed by atoms with Crippen LogP contribution in [-0.2, 0) is 6.42 Å². The summed E-state index contributed by atoms with van der Waals surface area (Å²) in [6.45, 7) is 4.35. The van der Waals surface area contributed by atoms with Crippen LogP contribution in [0, 0.1) is 13.8 Å². The molecule has 0 radical (unpaired) electrons. The first kappa shape index (κ1) is 17.5. The molecule has 2 aromatic carbocycles. The average molecular weight is 383 g/mol. The molecule has 0 unspecified atom stereocenters. The van der Waals surface area contributed by atoms with Crippen molar-refractivity contribution in [3.63, 3.8) is 0 Å². The van der Waals surface area contributed by atoms with E-state index in [-0.39, 0.29) is 6.79 Å². The molecule has 0 atom stereocenters. The predicted octanol–water partition coefficient (Wildman–Crippen LogP) is 5.08. The number of hydrogen-bond donors (Lipinski definition) is 1. The summed E-state index contributed by atoms with van der Waals surface area (Å²) in [5.74, 6) is 2.41. The minimum absolute atomic E-state index is 0.254. The largest absolute Gasteiger partial charge is 0.454 e. The van der Waals surface area contributed by atoms with Gasteiger partial charge < -0.3 is 14.5 Å². The number of benzene rings is 2. The second-order valence-corrected chi connectivity index (χ2v) is 7.31. The van der Waals surface area contributed by atoms with Gasteiger partial charge in [0.25, 0.3) is 0 Å². The maximum atomic E-state index is 5.57. The smallest absolute Gasteiger partial charge is 0.231 e. The van der Waals surface area contributed by atoms with Crippen molar-refractivity contribution < 1.29 is 9.47 Å². The van der Waals surface area contributed by atoms with E-state index in [0.717, 1.165) is 52.1 Å². The molecule has 5 rings (SSSR count). The lowest BCUT2D eigenvalue weighted by Crippen LogP contribution is -1.92. The van der Waals surface area contributed by atoms with Crippen molar-refractivity contribution in [1.29, 1.82) is 0 Å². The minimum Gasteiger partial charge on any atom is -0.454 e. The molecule has 0 fully saturated rings. The molecule has 29 heavy (non-hydrogen) atoms. The standard InChI is InChI=1S/C24H21N3O2/c1-15-5-3-7-17(11-15)12-22-26-23(18-9-10-20-21(13-18)29-14-28-20)24(27-22)19-8-4-6-16(2)25-19/h3-11,13H,12,14H2,1-2H3,(H,26,27). The zero-order chi connectivity index (χ0) is 19.8. The molecule has 5 nitrogen and oxygen atoms in total. The first-order valence-corrected chi connectivity index (χ1v) is 9.64. The van der Waals surface area contributed by atoms with Crippen molar-refractivity contribution in [3.05, 3.63) is 83.3 Å². The summed E-state index contributed by atoms with van der Waals surface area (Å²) in [5.41, 5.74) is 7.05. The number of nitrogens with zero attached hydrogens (tertiary/aromatic N) is 2. The van der Waals surface area contributed by atoms with Gasteiger partial charge in [-0.25, -0.2) is 4.98 Å². The molecule has 2 aromatic heterocycles. The summed E-state index contributed by atoms with van der Waals surface area (Å²) in [6.07, 6.45) is 0.727. The van der Waals surface area contributed by atoms with Gasteiger partial charge in [-0.1, -0.05) is 35.9 Å². The highest BCUT2D eigenvalue weighted by atomic mass is 16.7. The highest BCUT2D eigenvalue weighted by Gasteiger charge is 2.19. The van der Waals surface area contributed by atoms with Crippen LogP contribution >= 0.6 is 0 Å². The molecule has 0 saturated heterocycles. The number of aryl methyl sites for hydroxylation is 2. The SMILES string of the molecule is Cc1cccc(Cc2nc(-c3ccc4c(c3)OCO4)c(-c3cccc(C)n3)[nH]2)c1. The molecule has 0 aliphatic carbocycles.